The molecular weight excluding hydrogens is 462 g/mol. The van der Waals surface area contributed by atoms with E-state index in [0.29, 0.717) is 54.3 Å². The van der Waals surface area contributed by atoms with Gasteiger partial charge in [-0.1, -0.05) is 6.07 Å². The van der Waals surface area contributed by atoms with Crippen molar-refractivity contribution in [2.24, 2.45) is 0 Å². The minimum atomic E-state index is -0.486. The van der Waals surface area contributed by atoms with Crippen LogP contribution in [0.2, 0.25) is 0 Å². The van der Waals surface area contributed by atoms with Crippen LogP contribution in [0, 0.1) is 0 Å². The average Bonchev–Trinajstić information content (AvgIpc) is 3.22. The Hall–Kier alpha value is -3.75. The molecule has 1 saturated heterocycles. The van der Waals surface area contributed by atoms with Gasteiger partial charge in [0.15, 0.2) is 11.5 Å². The number of methoxy groups -OCH3 is 3. The number of fused-ring (bicyclic) bond motifs is 3. The quantitative estimate of drug-likeness (QED) is 0.564. The maximum atomic E-state index is 13.4. The first kappa shape index (κ1) is 25.3. The van der Waals surface area contributed by atoms with E-state index in [4.69, 9.17) is 14.2 Å². The van der Waals surface area contributed by atoms with Crippen molar-refractivity contribution in [2.75, 3.05) is 33.2 Å². The smallest absolute Gasteiger partial charge is 0.242 e. The molecule has 0 saturated carbocycles. The number of hydrogen-bond donors (Lipinski definition) is 3. The topological polar surface area (TPSA) is 115 Å². The molecule has 1 aliphatic carbocycles. The SMILES string of the molecule is COc1cc2c(c(OC)c1OC)-c1ccc(NC3CCCCNC3=O)c(=O)cc1C(NC(C)=O)CC2. The van der Waals surface area contributed by atoms with E-state index >= 15 is 0 Å². The Morgan fingerprint density at radius 2 is 1.75 bits per heavy atom. The largest absolute Gasteiger partial charge is 0.493 e. The maximum absolute atomic E-state index is 13.4. The molecule has 1 heterocycles. The van der Waals surface area contributed by atoms with Gasteiger partial charge in [0, 0.05) is 19.0 Å². The van der Waals surface area contributed by atoms with Gasteiger partial charge in [0.1, 0.15) is 6.04 Å². The zero-order chi connectivity index (χ0) is 25.8. The predicted octanol–water partition coefficient (Wildman–Crippen LogP) is 2.94. The van der Waals surface area contributed by atoms with Crippen molar-refractivity contribution in [1.29, 1.82) is 0 Å². The standard InChI is InChI=1S/C27H33N3O6/c1-15(31)29-19-10-8-16-13-23(34-2)25(35-3)26(36-4)24(16)17-9-11-20(22(32)14-18(17)19)30-21-7-5-6-12-28-27(21)33/h9,11,13-14,19,21H,5-8,10,12H2,1-4H3,(H,28,33)(H,29,31)(H,30,32). The Bertz CT molecular complexity index is 1230. The van der Waals surface area contributed by atoms with Crippen molar-refractivity contribution in [3.8, 4) is 28.4 Å². The highest BCUT2D eigenvalue weighted by Crippen LogP contribution is 2.50. The fourth-order valence-electron chi connectivity index (χ4n) is 5.09. The molecule has 2 aliphatic rings. The molecular formula is C27H33N3O6. The fourth-order valence-corrected chi connectivity index (χ4v) is 5.09. The molecule has 1 aliphatic heterocycles. The summed E-state index contributed by atoms with van der Waals surface area (Å²) >= 11 is 0. The number of hydrogen-bond acceptors (Lipinski definition) is 7. The number of rotatable bonds is 6. The van der Waals surface area contributed by atoms with E-state index in [9.17, 15) is 14.4 Å². The van der Waals surface area contributed by atoms with Gasteiger partial charge in [0.05, 0.1) is 33.1 Å². The monoisotopic (exact) mass is 495 g/mol. The number of anilines is 1. The van der Waals surface area contributed by atoms with Gasteiger partial charge in [-0.3, -0.25) is 14.4 Å². The van der Waals surface area contributed by atoms with Crippen LogP contribution in [-0.2, 0) is 16.0 Å². The summed E-state index contributed by atoms with van der Waals surface area (Å²) < 4.78 is 17.0. The molecule has 0 radical (unpaired) electrons. The van der Waals surface area contributed by atoms with E-state index in [2.05, 4.69) is 16.0 Å². The van der Waals surface area contributed by atoms with Crippen molar-refractivity contribution >= 4 is 17.5 Å². The van der Waals surface area contributed by atoms with E-state index in [1.807, 2.05) is 12.1 Å². The summed E-state index contributed by atoms with van der Waals surface area (Å²) in [4.78, 5) is 38.0. The molecule has 0 bridgehead atoms. The molecule has 2 atom stereocenters. The van der Waals surface area contributed by atoms with Gasteiger partial charge in [-0.15, -0.1) is 0 Å². The second kappa shape index (κ2) is 10.9. The van der Waals surface area contributed by atoms with Gasteiger partial charge in [0.25, 0.3) is 0 Å². The van der Waals surface area contributed by atoms with Crippen molar-refractivity contribution in [3.05, 3.63) is 45.6 Å². The number of amides is 2. The van der Waals surface area contributed by atoms with Crippen LogP contribution in [0.4, 0.5) is 5.69 Å². The summed E-state index contributed by atoms with van der Waals surface area (Å²) in [5, 5.41) is 9.05. The Labute approximate surface area is 210 Å². The molecule has 1 fully saturated rings. The summed E-state index contributed by atoms with van der Waals surface area (Å²) in [5.41, 5.74) is 3.23. The normalized spacial score (nSPS) is 18.9. The third-order valence-corrected chi connectivity index (χ3v) is 6.78. The van der Waals surface area contributed by atoms with Gasteiger partial charge in [-0.05, 0) is 67.0 Å². The lowest BCUT2D eigenvalue weighted by Gasteiger charge is -2.19. The molecule has 2 unspecified atom stereocenters. The molecule has 36 heavy (non-hydrogen) atoms. The second-order valence-corrected chi connectivity index (χ2v) is 9.08. The summed E-state index contributed by atoms with van der Waals surface area (Å²) in [5.74, 6) is 1.18. The highest BCUT2D eigenvalue weighted by Gasteiger charge is 2.30. The van der Waals surface area contributed by atoms with E-state index in [-0.39, 0.29) is 23.3 Å². The molecule has 9 heteroatoms. The summed E-state index contributed by atoms with van der Waals surface area (Å²) in [6, 6.07) is 6.14. The molecule has 9 nitrogen and oxygen atoms in total. The number of nitrogens with one attached hydrogen (secondary N) is 3. The lowest BCUT2D eigenvalue weighted by Crippen LogP contribution is -2.38. The molecule has 3 N–H and O–H groups in total. The molecule has 0 spiro atoms. The Morgan fingerprint density at radius 3 is 2.44 bits per heavy atom. The Kier molecular flexibility index (Phi) is 7.67. The lowest BCUT2D eigenvalue weighted by molar-refractivity contribution is -0.121. The highest BCUT2D eigenvalue weighted by molar-refractivity contribution is 5.86. The van der Waals surface area contributed by atoms with Crippen LogP contribution in [0.25, 0.3) is 11.1 Å². The maximum Gasteiger partial charge on any atom is 0.242 e. The van der Waals surface area contributed by atoms with Crippen LogP contribution >= 0.6 is 0 Å². The molecule has 4 rings (SSSR count). The highest BCUT2D eigenvalue weighted by atomic mass is 16.5. The molecule has 2 aromatic carbocycles. The van der Waals surface area contributed by atoms with E-state index < -0.39 is 6.04 Å². The fraction of sp³-hybridized carbons (Fsp3) is 0.444. The first-order valence-electron chi connectivity index (χ1n) is 12.2. The van der Waals surface area contributed by atoms with Crippen LogP contribution < -0.4 is 35.6 Å². The Morgan fingerprint density at radius 1 is 0.972 bits per heavy atom. The molecule has 192 valence electrons. The third kappa shape index (κ3) is 4.96. The number of carbonyl (C=O) groups excluding carboxylic acids is 2. The van der Waals surface area contributed by atoms with Gasteiger partial charge in [-0.2, -0.15) is 0 Å². The van der Waals surface area contributed by atoms with E-state index in [0.717, 1.165) is 29.5 Å². The van der Waals surface area contributed by atoms with Crippen LogP contribution in [-0.4, -0.2) is 45.7 Å². The van der Waals surface area contributed by atoms with Crippen molar-refractivity contribution in [3.63, 3.8) is 0 Å². The number of ether oxygens (including phenoxy) is 3. The first-order valence-corrected chi connectivity index (χ1v) is 12.2. The average molecular weight is 496 g/mol. The predicted molar refractivity (Wildman–Crippen MR) is 137 cm³/mol. The lowest BCUT2D eigenvalue weighted by atomic mass is 9.95. The molecule has 2 aromatic rings. The van der Waals surface area contributed by atoms with Crippen LogP contribution in [0.5, 0.6) is 17.2 Å². The number of benzene rings is 1. The van der Waals surface area contributed by atoms with E-state index in [1.54, 1.807) is 33.5 Å². The number of carbonyl (C=O) groups is 2. The minimum Gasteiger partial charge on any atom is -0.493 e. The van der Waals surface area contributed by atoms with Crippen LogP contribution in [0.3, 0.4) is 0 Å². The van der Waals surface area contributed by atoms with E-state index in [1.165, 1.54) is 6.92 Å². The minimum absolute atomic E-state index is 0.111. The second-order valence-electron chi connectivity index (χ2n) is 9.08. The van der Waals surface area contributed by atoms with Gasteiger partial charge in [-0.25, -0.2) is 0 Å². The first-order chi connectivity index (χ1) is 17.4. The molecule has 0 aromatic heterocycles. The van der Waals surface area contributed by atoms with Crippen molar-refractivity contribution in [2.45, 2.75) is 51.1 Å². The number of aryl methyl sites for hydroxylation is 1. The van der Waals surface area contributed by atoms with Crippen LogP contribution in [0.15, 0.2) is 29.1 Å². The summed E-state index contributed by atoms with van der Waals surface area (Å²) in [7, 11) is 4.68. The molecule has 2 amide bonds. The zero-order valence-corrected chi connectivity index (χ0v) is 21.2. The van der Waals surface area contributed by atoms with Gasteiger partial charge in [0.2, 0.25) is 23.0 Å². The Balaban J connectivity index is 1.92. The third-order valence-electron chi connectivity index (χ3n) is 6.78. The zero-order valence-electron chi connectivity index (χ0n) is 21.2. The van der Waals surface area contributed by atoms with Crippen LogP contribution in [0.1, 0.15) is 49.8 Å². The van der Waals surface area contributed by atoms with Crippen molar-refractivity contribution in [1.82, 2.24) is 10.6 Å². The van der Waals surface area contributed by atoms with Gasteiger partial charge < -0.3 is 30.2 Å². The summed E-state index contributed by atoms with van der Waals surface area (Å²) in [6.07, 6.45) is 3.64. The van der Waals surface area contributed by atoms with Gasteiger partial charge >= 0.3 is 0 Å². The summed E-state index contributed by atoms with van der Waals surface area (Å²) in [6.45, 7) is 2.10. The van der Waals surface area contributed by atoms with Crippen molar-refractivity contribution < 1.29 is 23.8 Å².